The van der Waals surface area contributed by atoms with Crippen LogP contribution >= 0.6 is 0 Å². The third kappa shape index (κ3) is 3.15. The first-order chi connectivity index (χ1) is 11.2. The molecule has 2 aromatic heterocycles. The van der Waals surface area contributed by atoms with E-state index in [0.29, 0.717) is 5.39 Å². The van der Waals surface area contributed by atoms with Crippen LogP contribution in [-0.2, 0) is 0 Å². The van der Waals surface area contributed by atoms with Gasteiger partial charge in [-0.1, -0.05) is 24.3 Å². The molecule has 0 saturated carbocycles. The molecule has 3 aromatic rings. The lowest BCUT2D eigenvalue weighted by Gasteiger charge is -2.14. The number of nitrogens with one attached hydrogen (secondary N) is 1. The van der Waals surface area contributed by atoms with Gasteiger partial charge in [0.2, 0.25) is 0 Å². The highest BCUT2D eigenvalue weighted by atomic mass is 16.4. The predicted molar refractivity (Wildman–Crippen MR) is 88.7 cm³/mol. The van der Waals surface area contributed by atoms with Crippen molar-refractivity contribution in [2.75, 3.05) is 11.9 Å². The molecule has 0 spiro atoms. The Hall–Kier alpha value is -2.89. The summed E-state index contributed by atoms with van der Waals surface area (Å²) in [6, 6.07) is 13.2. The quantitative estimate of drug-likeness (QED) is 0.731. The van der Waals surface area contributed by atoms with Gasteiger partial charge in [-0.2, -0.15) is 5.10 Å². The highest BCUT2D eigenvalue weighted by Gasteiger charge is 2.18. The summed E-state index contributed by atoms with van der Waals surface area (Å²) in [6.45, 7) is 2.76. The molecule has 2 heterocycles. The average Bonchev–Trinajstić information content (AvgIpc) is 2.96. The van der Waals surface area contributed by atoms with Gasteiger partial charge in [-0.25, -0.2) is 9.78 Å². The Balaban J connectivity index is 1.76. The van der Waals surface area contributed by atoms with Gasteiger partial charge in [0.25, 0.3) is 0 Å². The molecule has 0 bridgehead atoms. The number of hydrogen-bond acceptors (Lipinski definition) is 4. The minimum absolute atomic E-state index is 0.0733. The summed E-state index contributed by atoms with van der Waals surface area (Å²) in [7, 11) is 0. The van der Waals surface area contributed by atoms with E-state index in [-0.39, 0.29) is 11.7 Å². The zero-order valence-corrected chi connectivity index (χ0v) is 12.8. The largest absolute Gasteiger partial charge is 0.476 e. The predicted octanol–water partition coefficient (Wildman–Crippen LogP) is 3.19. The number of carbonyl (C=O) groups is 1. The van der Waals surface area contributed by atoms with Crippen molar-refractivity contribution in [3.8, 4) is 0 Å². The molecule has 3 rings (SSSR count). The van der Waals surface area contributed by atoms with Gasteiger partial charge < -0.3 is 10.4 Å². The average molecular weight is 310 g/mol. The second-order valence-electron chi connectivity index (χ2n) is 5.39. The lowest BCUT2D eigenvalue weighted by Crippen LogP contribution is -2.13. The van der Waals surface area contributed by atoms with Crippen LogP contribution in [0.2, 0.25) is 0 Å². The molecular weight excluding hydrogens is 292 g/mol. The van der Waals surface area contributed by atoms with Crippen LogP contribution < -0.4 is 5.32 Å². The summed E-state index contributed by atoms with van der Waals surface area (Å²) < 4.78 is 1.79. The fourth-order valence-electron chi connectivity index (χ4n) is 2.58. The number of nitrogens with zero attached hydrogens (tertiary/aromatic N) is 3. The molecule has 0 saturated heterocycles. The number of fused-ring (bicyclic) bond motifs is 1. The van der Waals surface area contributed by atoms with E-state index in [9.17, 15) is 9.90 Å². The van der Waals surface area contributed by atoms with E-state index in [0.717, 1.165) is 24.3 Å². The summed E-state index contributed by atoms with van der Waals surface area (Å²) in [5.41, 5.74) is 0.945. The number of carboxylic acid groups (broad SMARTS) is 1. The van der Waals surface area contributed by atoms with E-state index in [1.807, 2.05) is 43.3 Å². The Morgan fingerprint density at radius 3 is 2.78 bits per heavy atom. The lowest BCUT2D eigenvalue weighted by molar-refractivity contribution is 0.0691. The van der Waals surface area contributed by atoms with Crippen LogP contribution in [0.15, 0.2) is 48.7 Å². The topological polar surface area (TPSA) is 80.0 Å². The van der Waals surface area contributed by atoms with E-state index in [1.165, 1.54) is 0 Å². The van der Waals surface area contributed by atoms with Gasteiger partial charge in [-0.15, -0.1) is 0 Å². The molecule has 118 valence electrons. The fourth-order valence-corrected chi connectivity index (χ4v) is 2.58. The molecule has 0 fully saturated rings. The van der Waals surface area contributed by atoms with Crippen LogP contribution in [0.3, 0.4) is 0 Å². The van der Waals surface area contributed by atoms with E-state index >= 15 is 0 Å². The number of aromatic carboxylic acids is 1. The van der Waals surface area contributed by atoms with Crippen LogP contribution in [0.5, 0.6) is 0 Å². The normalized spacial score (nSPS) is 12.2. The number of aromatic nitrogens is 3. The molecule has 0 amide bonds. The molecule has 1 atom stereocenters. The maximum atomic E-state index is 11.4. The zero-order valence-electron chi connectivity index (χ0n) is 12.8. The highest BCUT2D eigenvalue weighted by Crippen LogP contribution is 2.23. The van der Waals surface area contributed by atoms with Gasteiger partial charge in [0, 0.05) is 18.1 Å². The van der Waals surface area contributed by atoms with Crippen molar-refractivity contribution in [1.82, 2.24) is 14.8 Å². The molecule has 0 aliphatic rings. The number of hydrogen-bond donors (Lipinski definition) is 2. The monoisotopic (exact) mass is 310 g/mol. The maximum absolute atomic E-state index is 11.4. The fraction of sp³-hybridized carbons (Fsp3) is 0.235. The van der Waals surface area contributed by atoms with Crippen molar-refractivity contribution >= 4 is 22.7 Å². The maximum Gasteiger partial charge on any atom is 0.357 e. The number of anilines is 1. The van der Waals surface area contributed by atoms with Crippen molar-refractivity contribution in [1.29, 1.82) is 0 Å². The number of rotatable bonds is 6. The Bertz CT molecular complexity index is 814. The summed E-state index contributed by atoms with van der Waals surface area (Å²) in [5, 5.41) is 17.5. The second kappa shape index (κ2) is 6.48. The van der Waals surface area contributed by atoms with Gasteiger partial charge >= 0.3 is 5.97 Å². The Morgan fingerprint density at radius 1 is 1.26 bits per heavy atom. The van der Waals surface area contributed by atoms with Crippen LogP contribution in [0.1, 0.15) is 29.9 Å². The molecule has 23 heavy (non-hydrogen) atoms. The van der Waals surface area contributed by atoms with E-state index in [1.54, 1.807) is 16.9 Å². The van der Waals surface area contributed by atoms with Gasteiger partial charge in [0.15, 0.2) is 5.69 Å². The van der Waals surface area contributed by atoms with Gasteiger partial charge in [0.05, 0.1) is 11.6 Å². The molecule has 2 N–H and O–H groups in total. The number of benzene rings is 1. The molecule has 0 radical (unpaired) electrons. The van der Waals surface area contributed by atoms with E-state index in [2.05, 4.69) is 15.4 Å². The van der Waals surface area contributed by atoms with Crippen molar-refractivity contribution in [2.45, 2.75) is 19.4 Å². The smallest absolute Gasteiger partial charge is 0.357 e. The van der Waals surface area contributed by atoms with E-state index < -0.39 is 5.97 Å². The molecule has 1 aromatic carbocycles. The van der Waals surface area contributed by atoms with Crippen molar-refractivity contribution in [2.24, 2.45) is 0 Å². The number of pyridine rings is 1. The van der Waals surface area contributed by atoms with Crippen LogP contribution in [0.4, 0.5) is 5.82 Å². The van der Waals surface area contributed by atoms with Gasteiger partial charge in [-0.3, -0.25) is 4.68 Å². The molecule has 6 heteroatoms. The molecule has 6 nitrogen and oxygen atoms in total. The summed E-state index contributed by atoms with van der Waals surface area (Å²) >= 11 is 0. The van der Waals surface area contributed by atoms with Crippen molar-refractivity contribution < 1.29 is 9.90 Å². The molecule has 0 aliphatic carbocycles. The SMILES string of the molecule is CC(CCNc1ccccn1)n1nc(C(=O)O)c2ccccc21. The number of para-hydroxylation sites is 1. The first kappa shape index (κ1) is 15.0. The van der Waals surface area contributed by atoms with Crippen molar-refractivity contribution in [3.63, 3.8) is 0 Å². The van der Waals surface area contributed by atoms with E-state index in [4.69, 9.17) is 0 Å². The minimum atomic E-state index is -1.00. The Labute approximate surface area is 133 Å². The van der Waals surface area contributed by atoms with Crippen LogP contribution in [0.25, 0.3) is 10.9 Å². The molecular formula is C17H18N4O2. The van der Waals surface area contributed by atoms with Gasteiger partial charge in [-0.05, 0) is 31.5 Å². The third-order valence-corrected chi connectivity index (χ3v) is 3.77. The summed E-state index contributed by atoms with van der Waals surface area (Å²) in [5.74, 6) is -0.171. The first-order valence-corrected chi connectivity index (χ1v) is 7.52. The van der Waals surface area contributed by atoms with Gasteiger partial charge in [0.1, 0.15) is 5.82 Å². The summed E-state index contributed by atoms with van der Waals surface area (Å²) in [6.07, 6.45) is 2.55. The lowest BCUT2D eigenvalue weighted by atomic mass is 10.2. The summed E-state index contributed by atoms with van der Waals surface area (Å²) in [4.78, 5) is 15.6. The second-order valence-corrected chi connectivity index (χ2v) is 5.39. The standard InChI is InChI=1S/C17H18N4O2/c1-12(9-11-19-15-8-4-5-10-18-15)21-14-7-3-2-6-13(14)16(20-21)17(22)23/h2-8,10,12H,9,11H2,1H3,(H,18,19)(H,22,23). The Morgan fingerprint density at radius 2 is 2.04 bits per heavy atom. The first-order valence-electron chi connectivity index (χ1n) is 7.52. The minimum Gasteiger partial charge on any atom is -0.476 e. The number of carboxylic acids is 1. The Kier molecular flexibility index (Phi) is 4.23. The molecule has 0 aliphatic heterocycles. The van der Waals surface area contributed by atoms with Crippen LogP contribution in [-0.4, -0.2) is 32.4 Å². The highest BCUT2D eigenvalue weighted by molar-refractivity contribution is 6.01. The van der Waals surface area contributed by atoms with Crippen molar-refractivity contribution in [3.05, 3.63) is 54.4 Å². The third-order valence-electron chi connectivity index (χ3n) is 3.77. The molecule has 1 unspecified atom stereocenters. The zero-order chi connectivity index (χ0) is 16.2. The van der Waals surface area contributed by atoms with Crippen LogP contribution in [0, 0.1) is 0 Å².